The van der Waals surface area contributed by atoms with Crippen molar-refractivity contribution in [1.82, 2.24) is 0 Å². The van der Waals surface area contributed by atoms with E-state index in [1.54, 1.807) is 0 Å². The van der Waals surface area contributed by atoms with Crippen molar-refractivity contribution >= 4 is 11.9 Å². The van der Waals surface area contributed by atoms with Crippen LogP contribution in [0.4, 0.5) is 0 Å². The van der Waals surface area contributed by atoms with E-state index in [-0.39, 0.29) is 18.7 Å². The number of hydrogen-bond acceptors (Lipinski definition) is 4. The second kappa shape index (κ2) is 19.8. The molecule has 0 amide bonds. The fraction of sp³-hybridized carbons (Fsp3) is 0.704. The Morgan fingerprint density at radius 1 is 0.812 bits per heavy atom. The topological polar surface area (TPSA) is 72.8 Å². The van der Waals surface area contributed by atoms with Gasteiger partial charge in [-0.05, 0) is 31.2 Å². The van der Waals surface area contributed by atoms with Gasteiger partial charge >= 0.3 is 11.9 Å². The Balaban J connectivity index is 1.90. The van der Waals surface area contributed by atoms with Crippen LogP contribution in [0.2, 0.25) is 0 Å². The molecule has 1 unspecified atom stereocenters. The monoisotopic (exact) mass is 448 g/mol. The number of carboxylic acids is 1. The zero-order valence-electron chi connectivity index (χ0n) is 20.1. The fourth-order valence-electron chi connectivity index (χ4n) is 3.81. The van der Waals surface area contributed by atoms with Gasteiger partial charge in [-0.2, -0.15) is 0 Å². The van der Waals surface area contributed by atoms with Gasteiger partial charge in [0.2, 0.25) is 0 Å². The number of rotatable bonds is 21. The molecular formula is C27H44O5. The molecule has 1 N–H and O–H groups in total. The number of hydrogen-bond donors (Lipinski definition) is 1. The van der Waals surface area contributed by atoms with Crippen LogP contribution in [0.3, 0.4) is 0 Å². The zero-order valence-corrected chi connectivity index (χ0v) is 20.1. The lowest BCUT2D eigenvalue weighted by Crippen LogP contribution is -2.21. The first-order valence-electron chi connectivity index (χ1n) is 12.6. The number of esters is 1. The molecule has 0 aliphatic rings. The molecule has 0 aliphatic heterocycles. The van der Waals surface area contributed by atoms with E-state index in [2.05, 4.69) is 6.92 Å². The summed E-state index contributed by atoms with van der Waals surface area (Å²) in [4.78, 5) is 22.4. The molecule has 0 saturated carbocycles. The summed E-state index contributed by atoms with van der Waals surface area (Å²) in [5, 5.41) is 8.60. The van der Waals surface area contributed by atoms with Gasteiger partial charge < -0.3 is 14.6 Å². The van der Waals surface area contributed by atoms with Crippen LogP contribution in [-0.4, -0.2) is 29.8 Å². The second-order valence-corrected chi connectivity index (χ2v) is 8.67. The van der Waals surface area contributed by atoms with Crippen LogP contribution in [0, 0.1) is 0 Å². The van der Waals surface area contributed by atoms with E-state index in [4.69, 9.17) is 14.6 Å². The number of carbonyl (C=O) groups excluding carboxylic acids is 1. The predicted molar refractivity (Wildman–Crippen MR) is 129 cm³/mol. The Morgan fingerprint density at radius 3 is 1.88 bits per heavy atom. The maximum atomic E-state index is 12.0. The minimum Gasteiger partial charge on any atom is -0.481 e. The third-order valence-corrected chi connectivity index (χ3v) is 5.75. The Labute approximate surface area is 194 Å². The molecule has 0 spiro atoms. The van der Waals surface area contributed by atoms with Crippen molar-refractivity contribution in [1.29, 1.82) is 0 Å². The standard InChI is InChI=1S/C27H44O5/c1-2-25(32-27(30)23-31-22-24-18-14-13-15-19-24)20-16-11-9-7-5-3-4-6-8-10-12-17-21-26(28)29/h13-15,18-19,25H,2-12,16-17,20-23H2,1H3,(H,28,29). The van der Waals surface area contributed by atoms with E-state index in [1.165, 1.54) is 51.4 Å². The van der Waals surface area contributed by atoms with E-state index in [1.807, 2.05) is 30.3 Å². The average molecular weight is 449 g/mol. The van der Waals surface area contributed by atoms with Gasteiger partial charge in [0, 0.05) is 6.42 Å². The van der Waals surface area contributed by atoms with Crippen LogP contribution in [-0.2, 0) is 25.7 Å². The Kier molecular flexibility index (Phi) is 17.4. The van der Waals surface area contributed by atoms with Crippen LogP contribution in [0.15, 0.2) is 30.3 Å². The lowest BCUT2D eigenvalue weighted by atomic mass is 10.0. The molecule has 5 heteroatoms. The highest BCUT2D eigenvalue weighted by molar-refractivity contribution is 5.70. The minimum atomic E-state index is -0.680. The molecule has 0 saturated heterocycles. The Bertz CT molecular complexity index is 587. The van der Waals surface area contributed by atoms with Gasteiger partial charge in [0.05, 0.1) is 6.61 Å². The summed E-state index contributed by atoms with van der Waals surface area (Å²) in [5.74, 6) is -0.949. The third kappa shape index (κ3) is 16.8. The smallest absolute Gasteiger partial charge is 0.332 e. The molecule has 1 atom stereocenters. The second-order valence-electron chi connectivity index (χ2n) is 8.67. The molecule has 182 valence electrons. The van der Waals surface area contributed by atoms with Crippen molar-refractivity contribution in [2.75, 3.05) is 6.61 Å². The summed E-state index contributed by atoms with van der Waals surface area (Å²) < 4.78 is 11.0. The summed E-state index contributed by atoms with van der Waals surface area (Å²) in [6, 6.07) is 9.84. The van der Waals surface area contributed by atoms with Crippen molar-refractivity contribution in [3.05, 3.63) is 35.9 Å². The van der Waals surface area contributed by atoms with E-state index < -0.39 is 5.97 Å². The Morgan fingerprint density at radius 2 is 1.34 bits per heavy atom. The quantitative estimate of drug-likeness (QED) is 0.161. The van der Waals surface area contributed by atoms with Gasteiger partial charge in [-0.3, -0.25) is 4.79 Å². The zero-order chi connectivity index (χ0) is 23.3. The SMILES string of the molecule is CCC(CCCCCCCCCCCCCCC(=O)O)OC(=O)COCc1ccccc1. The molecular weight excluding hydrogens is 404 g/mol. The van der Waals surface area contributed by atoms with Crippen LogP contribution in [0.5, 0.6) is 0 Å². The number of unbranched alkanes of at least 4 members (excludes halogenated alkanes) is 11. The average Bonchev–Trinajstić information content (AvgIpc) is 2.79. The van der Waals surface area contributed by atoms with Gasteiger partial charge in [-0.15, -0.1) is 0 Å². The van der Waals surface area contributed by atoms with E-state index in [9.17, 15) is 9.59 Å². The largest absolute Gasteiger partial charge is 0.481 e. The molecule has 32 heavy (non-hydrogen) atoms. The molecule has 0 heterocycles. The van der Waals surface area contributed by atoms with Gasteiger partial charge in [0.1, 0.15) is 12.7 Å². The third-order valence-electron chi connectivity index (χ3n) is 5.75. The fourth-order valence-corrected chi connectivity index (χ4v) is 3.81. The summed E-state index contributed by atoms with van der Waals surface area (Å²) in [7, 11) is 0. The number of carbonyl (C=O) groups is 2. The number of ether oxygens (including phenoxy) is 2. The molecule has 1 aromatic rings. The summed E-state index contributed by atoms with van der Waals surface area (Å²) in [5.41, 5.74) is 1.06. The molecule has 0 aromatic heterocycles. The molecule has 1 rings (SSSR count). The van der Waals surface area contributed by atoms with Crippen molar-refractivity contribution in [2.24, 2.45) is 0 Å². The van der Waals surface area contributed by atoms with Crippen molar-refractivity contribution in [3.63, 3.8) is 0 Å². The highest BCUT2D eigenvalue weighted by atomic mass is 16.6. The Hall–Kier alpha value is -1.88. The molecule has 5 nitrogen and oxygen atoms in total. The highest BCUT2D eigenvalue weighted by Gasteiger charge is 2.12. The summed E-state index contributed by atoms with van der Waals surface area (Å²) in [6.07, 6.45) is 16.3. The minimum absolute atomic E-state index is 0.00155. The number of benzene rings is 1. The van der Waals surface area contributed by atoms with E-state index in [0.717, 1.165) is 44.1 Å². The number of carboxylic acid groups (broad SMARTS) is 1. The van der Waals surface area contributed by atoms with Gasteiger partial charge in [-0.1, -0.05) is 101 Å². The first kappa shape index (κ1) is 28.2. The lowest BCUT2D eigenvalue weighted by Gasteiger charge is -2.16. The first-order valence-corrected chi connectivity index (χ1v) is 12.6. The van der Waals surface area contributed by atoms with Gasteiger partial charge in [0.15, 0.2) is 0 Å². The molecule has 1 aromatic carbocycles. The van der Waals surface area contributed by atoms with Crippen LogP contribution in [0.25, 0.3) is 0 Å². The molecule has 0 aliphatic carbocycles. The number of aliphatic carboxylic acids is 1. The van der Waals surface area contributed by atoms with Gasteiger partial charge in [-0.25, -0.2) is 4.79 Å². The molecule has 0 radical (unpaired) electrons. The predicted octanol–water partition coefficient (Wildman–Crippen LogP) is 7.07. The van der Waals surface area contributed by atoms with E-state index >= 15 is 0 Å². The van der Waals surface area contributed by atoms with E-state index in [0.29, 0.717) is 13.0 Å². The van der Waals surface area contributed by atoms with Crippen LogP contribution < -0.4 is 0 Å². The van der Waals surface area contributed by atoms with Crippen LogP contribution >= 0.6 is 0 Å². The normalized spacial score (nSPS) is 11.9. The molecule has 0 bridgehead atoms. The van der Waals surface area contributed by atoms with Crippen molar-refractivity contribution < 1.29 is 24.2 Å². The van der Waals surface area contributed by atoms with Crippen LogP contribution in [0.1, 0.15) is 109 Å². The summed E-state index contributed by atoms with van der Waals surface area (Å²) in [6.45, 7) is 2.50. The van der Waals surface area contributed by atoms with Gasteiger partial charge in [0.25, 0.3) is 0 Å². The first-order chi connectivity index (χ1) is 15.6. The van der Waals surface area contributed by atoms with Crippen molar-refractivity contribution in [2.45, 2.75) is 116 Å². The highest BCUT2D eigenvalue weighted by Crippen LogP contribution is 2.15. The summed E-state index contributed by atoms with van der Waals surface area (Å²) >= 11 is 0. The van der Waals surface area contributed by atoms with Crippen molar-refractivity contribution in [3.8, 4) is 0 Å². The maximum absolute atomic E-state index is 12.0. The maximum Gasteiger partial charge on any atom is 0.332 e. The lowest BCUT2D eigenvalue weighted by molar-refractivity contribution is -0.155. The molecule has 0 fully saturated rings.